The summed E-state index contributed by atoms with van der Waals surface area (Å²) in [6.07, 6.45) is 7.10. The molecule has 0 atom stereocenters. The van der Waals surface area contributed by atoms with Crippen molar-refractivity contribution < 1.29 is 0 Å². The Morgan fingerprint density at radius 3 is 2.03 bits per heavy atom. The molecule has 1 aliphatic heterocycles. The fourth-order valence-electron chi connectivity index (χ4n) is 5.49. The Bertz CT molecular complexity index is 1040. The topological polar surface area (TPSA) is 3.24 Å². The molecule has 0 saturated carbocycles. The Morgan fingerprint density at radius 1 is 0.781 bits per heavy atom. The molecule has 0 aliphatic carbocycles. The smallest absolute Gasteiger partial charge is 0.0233 e. The highest BCUT2D eigenvalue weighted by atomic mass is 15.1. The summed E-state index contributed by atoms with van der Waals surface area (Å²) < 4.78 is 0. The van der Waals surface area contributed by atoms with Crippen LogP contribution in [0.25, 0.3) is 21.9 Å². The van der Waals surface area contributed by atoms with Gasteiger partial charge in [0.15, 0.2) is 0 Å². The summed E-state index contributed by atoms with van der Waals surface area (Å²) >= 11 is 0. The predicted molar refractivity (Wildman–Crippen MR) is 140 cm³/mol. The number of hydrogen-bond donors (Lipinski definition) is 0. The maximum Gasteiger partial charge on any atom is 0.0233 e. The Hall–Kier alpha value is -2.12. The molecule has 0 bridgehead atoms. The van der Waals surface area contributed by atoms with E-state index in [1.807, 2.05) is 0 Å². The number of aryl methyl sites for hydroxylation is 3. The molecule has 0 unspecified atom stereocenters. The first-order valence-corrected chi connectivity index (χ1v) is 12.8. The zero-order valence-electron chi connectivity index (χ0n) is 20.9. The molecule has 3 aromatic rings. The lowest BCUT2D eigenvalue weighted by Gasteiger charge is -2.37. The molecule has 1 saturated heterocycles. The molecule has 32 heavy (non-hydrogen) atoms. The van der Waals surface area contributed by atoms with Gasteiger partial charge in [-0.15, -0.1) is 0 Å². The number of rotatable bonds is 7. The number of benzene rings is 3. The molecule has 4 rings (SSSR count). The van der Waals surface area contributed by atoms with Gasteiger partial charge in [0, 0.05) is 6.54 Å². The molecule has 0 aromatic heterocycles. The summed E-state index contributed by atoms with van der Waals surface area (Å²) in [5.41, 5.74) is 9.39. The van der Waals surface area contributed by atoms with Crippen LogP contribution in [0, 0.1) is 5.41 Å². The minimum atomic E-state index is 0.508. The lowest BCUT2D eigenvalue weighted by Crippen LogP contribution is -2.36. The SMILES string of the molecule is CCCc1cccc2c(-c3c(CC)cc(CN4CCC(C)(C)CC4)cc3CC)cccc12. The molecule has 0 spiro atoms. The average Bonchev–Trinajstić information content (AvgIpc) is 2.80. The monoisotopic (exact) mass is 427 g/mol. The van der Waals surface area contributed by atoms with Gasteiger partial charge in [-0.05, 0) is 94.8 Å². The highest BCUT2D eigenvalue weighted by Gasteiger charge is 2.25. The van der Waals surface area contributed by atoms with Crippen molar-refractivity contribution in [3.63, 3.8) is 0 Å². The Labute approximate surface area is 195 Å². The second kappa shape index (κ2) is 9.79. The normalized spacial score (nSPS) is 16.5. The van der Waals surface area contributed by atoms with Gasteiger partial charge in [0.05, 0.1) is 0 Å². The number of fused-ring (bicyclic) bond motifs is 1. The Balaban J connectivity index is 1.75. The van der Waals surface area contributed by atoms with Crippen molar-refractivity contribution in [2.75, 3.05) is 13.1 Å². The molecule has 170 valence electrons. The molecule has 3 aromatic carbocycles. The quantitative estimate of drug-likeness (QED) is 0.367. The fraction of sp³-hybridized carbons (Fsp3) is 0.484. The minimum absolute atomic E-state index is 0.508. The molecular formula is C31H41N. The first kappa shape index (κ1) is 23.1. The van der Waals surface area contributed by atoms with Gasteiger partial charge in [-0.25, -0.2) is 0 Å². The highest BCUT2D eigenvalue weighted by Crippen LogP contribution is 2.37. The lowest BCUT2D eigenvalue weighted by molar-refractivity contribution is 0.127. The van der Waals surface area contributed by atoms with Crippen LogP contribution in [0.4, 0.5) is 0 Å². The van der Waals surface area contributed by atoms with Gasteiger partial charge in [-0.2, -0.15) is 0 Å². The van der Waals surface area contributed by atoms with Crippen LogP contribution in [-0.2, 0) is 25.8 Å². The van der Waals surface area contributed by atoms with Crippen LogP contribution >= 0.6 is 0 Å². The Kier molecular flexibility index (Phi) is 7.05. The predicted octanol–water partition coefficient (Wildman–Crippen LogP) is 8.21. The zero-order chi connectivity index (χ0) is 22.7. The van der Waals surface area contributed by atoms with Crippen molar-refractivity contribution in [3.8, 4) is 11.1 Å². The second-order valence-electron chi connectivity index (χ2n) is 10.5. The van der Waals surface area contributed by atoms with E-state index < -0.39 is 0 Å². The number of piperidine rings is 1. The largest absolute Gasteiger partial charge is 0.299 e. The van der Waals surface area contributed by atoms with Crippen LogP contribution in [-0.4, -0.2) is 18.0 Å². The second-order valence-corrected chi connectivity index (χ2v) is 10.5. The van der Waals surface area contributed by atoms with Crippen LogP contribution in [0.15, 0.2) is 48.5 Å². The average molecular weight is 428 g/mol. The van der Waals surface area contributed by atoms with Gasteiger partial charge in [0.1, 0.15) is 0 Å². The van der Waals surface area contributed by atoms with E-state index in [0.717, 1.165) is 25.8 Å². The zero-order valence-corrected chi connectivity index (χ0v) is 20.9. The third kappa shape index (κ3) is 4.79. The first-order valence-electron chi connectivity index (χ1n) is 12.8. The molecule has 0 N–H and O–H groups in total. The van der Waals surface area contributed by atoms with Crippen molar-refractivity contribution in [2.45, 2.75) is 79.7 Å². The first-order chi connectivity index (χ1) is 15.5. The number of likely N-dealkylation sites (tertiary alicyclic amines) is 1. The Morgan fingerprint density at radius 2 is 1.41 bits per heavy atom. The maximum atomic E-state index is 2.66. The van der Waals surface area contributed by atoms with Crippen molar-refractivity contribution in [2.24, 2.45) is 5.41 Å². The van der Waals surface area contributed by atoms with Crippen molar-refractivity contribution >= 4 is 10.8 Å². The number of nitrogens with zero attached hydrogens (tertiary/aromatic N) is 1. The summed E-state index contributed by atoms with van der Waals surface area (Å²) in [7, 11) is 0. The van der Waals surface area contributed by atoms with Crippen LogP contribution in [0.5, 0.6) is 0 Å². The summed E-state index contributed by atoms with van der Waals surface area (Å²) in [5.74, 6) is 0. The minimum Gasteiger partial charge on any atom is -0.299 e. The molecule has 1 fully saturated rings. The van der Waals surface area contributed by atoms with Gasteiger partial charge >= 0.3 is 0 Å². The van der Waals surface area contributed by atoms with E-state index in [4.69, 9.17) is 0 Å². The summed E-state index contributed by atoms with van der Waals surface area (Å²) in [5, 5.41) is 2.84. The van der Waals surface area contributed by atoms with Crippen molar-refractivity contribution in [3.05, 3.63) is 70.8 Å². The molecule has 1 heterocycles. The molecular weight excluding hydrogens is 386 g/mol. The van der Waals surface area contributed by atoms with Gasteiger partial charge in [-0.3, -0.25) is 4.90 Å². The van der Waals surface area contributed by atoms with Gasteiger partial charge in [-0.1, -0.05) is 89.6 Å². The van der Waals surface area contributed by atoms with Gasteiger partial charge in [0.2, 0.25) is 0 Å². The third-order valence-corrected chi connectivity index (χ3v) is 7.54. The van der Waals surface area contributed by atoms with Gasteiger partial charge in [0.25, 0.3) is 0 Å². The fourth-order valence-corrected chi connectivity index (χ4v) is 5.49. The number of hydrogen-bond acceptors (Lipinski definition) is 1. The van der Waals surface area contributed by atoms with Crippen LogP contribution < -0.4 is 0 Å². The van der Waals surface area contributed by atoms with E-state index in [0.29, 0.717) is 5.41 Å². The van der Waals surface area contributed by atoms with Gasteiger partial charge < -0.3 is 0 Å². The molecule has 1 heteroatoms. The van der Waals surface area contributed by atoms with E-state index in [1.54, 1.807) is 0 Å². The summed E-state index contributed by atoms with van der Waals surface area (Å²) in [6.45, 7) is 15.3. The molecule has 0 radical (unpaired) electrons. The molecule has 1 nitrogen and oxygen atoms in total. The van der Waals surface area contributed by atoms with Crippen LogP contribution in [0.2, 0.25) is 0 Å². The van der Waals surface area contributed by atoms with E-state index in [9.17, 15) is 0 Å². The van der Waals surface area contributed by atoms with E-state index in [1.165, 1.54) is 76.5 Å². The van der Waals surface area contributed by atoms with Crippen molar-refractivity contribution in [1.82, 2.24) is 4.90 Å². The summed E-state index contributed by atoms with van der Waals surface area (Å²) in [6, 6.07) is 18.8. The van der Waals surface area contributed by atoms with E-state index >= 15 is 0 Å². The highest BCUT2D eigenvalue weighted by molar-refractivity contribution is 5.99. The van der Waals surface area contributed by atoms with E-state index in [2.05, 4.69) is 88.0 Å². The van der Waals surface area contributed by atoms with Crippen LogP contribution in [0.1, 0.15) is 76.1 Å². The lowest BCUT2D eigenvalue weighted by atomic mass is 9.82. The standard InChI is InChI=1S/C31H41N/c1-6-11-26-12-9-14-28-27(26)13-10-15-29(28)30-24(7-2)20-23(21-25(30)8-3)22-32-18-16-31(4,5)17-19-32/h9-10,12-15,20-21H,6-8,11,16-19,22H2,1-5H3. The maximum absolute atomic E-state index is 2.66. The molecule has 0 amide bonds. The molecule has 1 aliphatic rings. The van der Waals surface area contributed by atoms with Crippen LogP contribution in [0.3, 0.4) is 0 Å². The summed E-state index contributed by atoms with van der Waals surface area (Å²) in [4.78, 5) is 2.66. The third-order valence-electron chi connectivity index (χ3n) is 7.54. The van der Waals surface area contributed by atoms with E-state index in [-0.39, 0.29) is 0 Å². The van der Waals surface area contributed by atoms with Crippen molar-refractivity contribution in [1.29, 1.82) is 0 Å².